The van der Waals surface area contributed by atoms with Crippen LogP contribution in [0.3, 0.4) is 0 Å². The van der Waals surface area contributed by atoms with Gasteiger partial charge in [-0.15, -0.1) is 0 Å². The number of hydrogen-bond acceptors (Lipinski definition) is 3. The fourth-order valence-corrected chi connectivity index (χ4v) is 3.49. The number of anilines is 1. The highest BCUT2D eigenvalue weighted by molar-refractivity contribution is 7.85. The summed E-state index contributed by atoms with van der Waals surface area (Å²) in [4.78, 5) is 2.32. The van der Waals surface area contributed by atoms with Crippen molar-refractivity contribution in [3.8, 4) is 0 Å². The van der Waals surface area contributed by atoms with Crippen LogP contribution in [-0.4, -0.2) is 34.3 Å². The second kappa shape index (κ2) is 6.46. The van der Waals surface area contributed by atoms with Crippen molar-refractivity contribution in [1.29, 1.82) is 0 Å². The summed E-state index contributed by atoms with van der Waals surface area (Å²) < 4.78 is 11.5. The van der Waals surface area contributed by atoms with Gasteiger partial charge in [0.1, 0.15) is 0 Å². The minimum absolute atomic E-state index is 0.0724. The lowest BCUT2D eigenvalue weighted by atomic mass is 10.1. The average Bonchev–Trinajstić information content (AvgIpc) is 2.37. The van der Waals surface area contributed by atoms with Gasteiger partial charge in [-0.25, -0.2) is 0 Å². The van der Waals surface area contributed by atoms with E-state index in [1.165, 1.54) is 11.3 Å². The van der Waals surface area contributed by atoms with Gasteiger partial charge >= 0.3 is 0 Å². The summed E-state index contributed by atoms with van der Waals surface area (Å²) in [6.07, 6.45) is 0. The molecule has 0 amide bonds. The fourth-order valence-electron chi connectivity index (χ4n) is 2.24. The van der Waals surface area contributed by atoms with Gasteiger partial charge in [-0.2, -0.15) is 0 Å². The van der Waals surface area contributed by atoms with E-state index in [2.05, 4.69) is 37.1 Å². The zero-order valence-electron chi connectivity index (χ0n) is 12.4. The van der Waals surface area contributed by atoms with Crippen molar-refractivity contribution in [2.24, 2.45) is 0 Å². The van der Waals surface area contributed by atoms with Gasteiger partial charge in [-0.05, 0) is 44.5 Å². The van der Waals surface area contributed by atoms with Crippen molar-refractivity contribution in [2.45, 2.75) is 32.9 Å². The first kappa shape index (κ1) is 15.8. The predicted molar refractivity (Wildman–Crippen MR) is 88.1 cm³/mol. The van der Waals surface area contributed by atoms with E-state index in [4.69, 9.17) is 11.6 Å². The van der Waals surface area contributed by atoms with E-state index in [9.17, 15) is 4.21 Å². The molecule has 3 nitrogen and oxygen atoms in total. The quantitative estimate of drug-likeness (QED) is 0.931. The molecule has 0 aromatic heterocycles. The number of hydrogen-bond donors (Lipinski definition) is 1. The zero-order valence-corrected chi connectivity index (χ0v) is 14.0. The normalized spacial score (nSPS) is 17.5. The SMILES string of the molecule is CC(C)(C)NCc1cc(Cl)ccc1N1CCS(=O)CC1. The Labute approximate surface area is 129 Å². The van der Waals surface area contributed by atoms with Gasteiger partial charge in [-0.1, -0.05) is 11.6 Å². The van der Waals surface area contributed by atoms with Crippen LogP contribution in [0.15, 0.2) is 18.2 Å². The largest absolute Gasteiger partial charge is 0.369 e. The summed E-state index contributed by atoms with van der Waals surface area (Å²) in [6.45, 7) is 8.97. The molecule has 1 fully saturated rings. The van der Waals surface area contributed by atoms with Crippen LogP contribution in [0.5, 0.6) is 0 Å². The van der Waals surface area contributed by atoms with E-state index in [0.29, 0.717) is 0 Å². The van der Waals surface area contributed by atoms with Crippen LogP contribution in [0, 0.1) is 0 Å². The average molecular weight is 315 g/mol. The molecule has 2 rings (SSSR count). The molecular weight excluding hydrogens is 292 g/mol. The first-order valence-corrected chi connectivity index (χ1v) is 8.85. The highest BCUT2D eigenvalue weighted by Gasteiger charge is 2.19. The van der Waals surface area contributed by atoms with Crippen molar-refractivity contribution < 1.29 is 4.21 Å². The first-order chi connectivity index (χ1) is 9.35. The Morgan fingerprint density at radius 3 is 2.55 bits per heavy atom. The van der Waals surface area contributed by atoms with E-state index in [-0.39, 0.29) is 5.54 Å². The standard InChI is InChI=1S/C15H23ClN2OS/c1-15(2,3)17-11-12-10-13(16)4-5-14(12)18-6-8-20(19)9-7-18/h4-5,10,17H,6-9,11H2,1-3H3. The molecule has 1 heterocycles. The second-order valence-electron chi connectivity index (χ2n) is 6.21. The summed E-state index contributed by atoms with van der Waals surface area (Å²) in [7, 11) is -0.647. The molecule has 0 atom stereocenters. The van der Waals surface area contributed by atoms with Crippen molar-refractivity contribution in [3.05, 3.63) is 28.8 Å². The molecule has 1 aliphatic heterocycles. The van der Waals surface area contributed by atoms with Crippen LogP contribution >= 0.6 is 11.6 Å². The number of benzene rings is 1. The molecule has 1 aromatic carbocycles. The maximum atomic E-state index is 11.5. The predicted octanol–water partition coefficient (Wildman–Crippen LogP) is 2.80. The van der Waals surface area contributed by atoms with Crippen molar-refractivity contribution in [1.82, 2.24) is 5.32 Å². The molecule has 0 radical (unpaired) electrons. The molecule has 0 unspecified atom stereocenters. The molecular formula is C15H23ClN2OS. The molecule has 0 saturated carbocycles. The maximum absolute atomic E-state index is 11.5. The van der Waals surface area contributed by atoms with E-state index in [0.717, 1.165) is 36.2 Å². The van der Waals surface area contributed by atoms with Crippen molar-refractivity contribution >= 4 is 28.1 Å². The van der Waals surface area contributed by atoms with Gasteiger partial charge in [0.25, 0.3) is 0 Å². The molecule has 112 valence electrons. The Hall–Kier alpha value is -0.580. The van der Waals surface area contributed by atoms with Crippen LogP contribution in [-0.2, 0) is 17.3 Å². The molecule has 0 spiro atoms. The van der Waals surface area contributed by atoms with Crippen LogP contribution in [0.4, 0.5) is 5.69 Å². The third-order valence-electron chi connectivity index (χ3n) is 3.37. The van der Waals surface area contributed by atoms with Gasteiger partial charge in [0.15, 0.2) is 0 Å². The Balaban J connectivity index is 2.17. The molecule has 1 aliphatic rings. The van der Waals surface area contributed by atoms with Crippen LogP contribution in [0.1, 0.15) is 26.3 Å². The Morgan fingerprint density at radius 1 is 1.30 bits per heavy atom. The lowest BCUT2D eigenvalue weighted by Gasteiger charge is -2.31. The minimum atomic E-state index is -0.647. The monoisotopic (exact) mass is 314 g/mol. The zero-order chi connectivity index (χ0) is 14.8. The number of rotatable bonds is 3. The third kappa shape index (κ3) is 4.47. The third-order valence-corrected chi connectivity index (χ3v) is 4.88. The van der Waals surface area contributed by atoms with Gasteiger partial charge in [0.05, 0.1) is 0 Å². The molecule has 1 N–H and O–H groups in total. The van der Waals surface area contributed by atoms with E-state index >= 15 is 0 Å². The summed E-state index contributed by atoms with van der Waals surface area (Å²) >= 11 is 6.13. The summed E-state index contributed by atoms with van der Waals surface area (Å²) in [5.74, 6) is 1.52. The molecule has 1 aromatic rings. The second-order valence-corrected chi connectivity index (χ2v) is 8.34. The Bertz CT molecular complexity index is 489. The lowest BCUT2D eigenvalue weighted by molar-refractivity contribution is 0.424. The Kier molecular flexibility index (Phi) is 5.10. The Morgan fingerprint density at radius 2 is 1.95 bits per heavy atom. The highest BCUT2D eigenvalue weighted by Crippen LogP contribution is 2.26. The van der Waals surface area contributed by atoms with Crippen LogP contribution < -0.4 is 10.2 Å². The molecule has 1 saturated heterocycles. The van der Waals surface area contributed by atoms with E-state index < -0.39 is 10.8 Å². The first-order valence-electron chi connectivity index (χ1n) is 6.98. The van der Waals surface area contributed by atoms with Crippen LogP contribution in [0.2, 0.25) is 5.02 Å². The smallest absolute Gasteiger partial charge is 0.0413 e. The topological polar surface area (TPSA) is 32.3 Å². The molecule has 5 heteroatoms. The lowest BCUT2D eigenvalue weighted by Crippen LogP contribution is -2.39. The summed E-state index contributed by atoms with van der Waals surface area (Å²) in [5, 5.41) is 4.27. The summed E-state index contributed by atoms with van der Waals surface area (Å²) in [6, 6.07) is 6.04. The molecule has 20 heavy (non-hydrogen) atoms. The van der Waals surface area contributed by atoms with E-state index in [1.54, 1.807) is 0 Å². The number of nitrogens with zero attached hydrogens (tertiary/aromatic N) is 1. The highest BCUT2D eigenvalue weighted by atomic mass is 35.5. The number of nitrogens with one attached hydrogen (secondary N) is 1. The minimum Gasteiger partial charge on any atom is -0.369 e. The summed E-state index contributed by atoms with van der Waals surface area (Å²) in [5.41, 5.74) is 2.49. The van der Waals surface area contributed by atoms with Gasteiger partial charge in [-0.3, -0.25) is 4.21 Å². The molecule has 0 aliphatic carbocycles. The van der Waals surface area contributed by atoms with Crippen molar-refractivity contribution in [3.63, 3.8) is 0 Å². The van der Waals surface area contributed by atoms with Gasteiger partial charge in [0.2, 0.25) is 0 Å². The van der Waals surface area contributed by atoms with Crippen molar-refractivity contribution in [2.75, 3.05) is 29.5 Å². The fraction of sp³-hybridized carbons (Fsp3) is 0.600. The maximum Gasteiger partial charge on any atom is 0.0413 e. The molecule has 0 bridgehead atoms. The van der Waals surface area contributed by atoms with Crippen LogP contribution in [0.25, 0.3) is 0 Å². The van der Waals surface area contributed by atoms with Gasteiger partial charge < -0.3 is 10.2 Å². The van der Waals surface area contributed by atoms with Gasteiger partial charge in [0, 0.05) is 58.2 Å². The van der Waals surface area contributed by atoms with E-state index in [1.807, 2.05) is 12.1 Å². The number of halogens is 1.